The van der Waals surface area contributed by atoms with Gasteiger partial charge in [-0.3, -0.25) is 0 Å². The molecule has 2 aromatic rings. The summed E-state index contributed by atoms with van der Waals surface area (Å²) in [5, 5.41) is 2.73. The fourth-order valence-electron chi connectivity index (χ4n) is 3.47. The lowest BCUT2D eigenvalue weighted by molar-refractivity contribution is -0.0264. The molecule has 1 aliphatic carbocycles. The molecule has 0 heterocycles. The smallest absolute Gasteiger partial charge is 0.0580 e. The molecule has 0 amide bonds. The first-order valence-electron chi connectivity index (χ1n) is 7.93. The van der Waals surface area contributed by atoms with Crippen molar-refractivity contribution in [2.24, 2.45) is 5.92 Å². The van der Waals surface area contributed by atoms with E-state index in [9.17, 15) is 0 Å². The minimum Gasteiger partial charge on any atom is -0.378 e. The van der Waals surface area contributed by atoms with Crippen molar-refractivity contribution >= 4 is 26.7 Å². The van der Waals surface area contributed by atoms with Crippen molar-refractivity contribution in [3.63, 3.8) is 0 Å². The topological polar surface area (TPSA) is 9.23 Å². The van der Waals surface area contributed by atoms with Crippen molar-refractivity contribution in [2.45, 2.75) is 44.0 Å². The summed E-state index contributed by atoms with van der Waals surface area (Å²) in [6.07, 6.45) is 4.16. The predicted octanol–water partition coefficient (Wildman–Crippen LogP) is 5.79. The van der Waals surface area contributed by atoms with Crippen LogP contribution in [0.25, 0.3) is 10.8 Å². The van der Waals surface area contributed by atoms with E-state index in [1.165, 1.54) is 41.2 Å². The van der Waals surface area contributed by atoms with Crippen LogP contribution in [0.1, 0.15) is 42.1 Å². The molecule has 2 heteroatoms. The Labute approximate surface area is 135 Å². The first kappa shape index (κ1) is 15.1. The second-order valence-corrected chi connectivity index (χ2v) is 7.24. The molecule has 112 valence electrons. The number of fused-ring (bicyclic) bond motifs is 1. The molecule has 0 saturated heterocycles. The number of hydrogen-bond donors (Lipinski definition) is 0. The van der Waals surface area contributed by atoms with E-state index in [4.69, 9.17) is 4.74 Å². The van der Waals surface area contributed by atoms with Crippen LogP contribution < -0.4 is 0 Å². The first-order valence-corrected chi connectivity index (χ1v) is 8.84. The van der Waals surface area contributed by atoms with Crippen molar-refractivity contribution in [3.8, 4) is 0 Å². The predicted molar refractivity (Wildman–Crippen MR) is 93.1 cm³/mol. The Kier molecular flexibility index (Phi) is 4.66. The van der Waals surface area contributed by atoms with Gasteiger partial charge in [0.2, 0.25) is 0 Å². The molecule has 0 bridgehead atoms. The minimum atomic E-state index is 0.441. The summed E-state index contributed by atoms with van der Waals surface area (Å²) in [5.74, 6) is 0.796. The quantitative estimate of drug-likeness (QED) is 0.622. The Morgan fingerprint density at radius 3 is 2.71 bits per heavy atom. The maximum atomic E-state index is 5.67. The second kappa shape index (κ2) is 6.50. The molecule has 3 rings (SSSR count). The zero-order valence-corrected chi connectivity index (χ0v) is 14.4. The molecule has 0 aromatic heterocycles. The molecule has 1 fully saturated rings. The van der Waals surface area contributed by atoms with Gasteiger partial charge in [0.15, 0.2) is 0 Å². The Morgan fingerprint density at radius 2 is 1.95 bits per heavy atom. The summed E-state index contributed by atoms with van der Waals surface area (Å²) in [6, 6.07) is 13.2. The number of ether oxygens (including phenoxy) is 1. The molecule has 1 saturated carbocycles. The third-order valence-corrected chi connectivity index (χ3v) is 5.47. The third-order valence-electron chi connectivity index (χ3n) is 4.64. The van der Waals surface area contributed by atoms with Gasteiger partial charge < -0.3 is 4.74 Å². The first-order chi connectivity index (χ1) is 10.2. The maximum absolute atomic E-state index is 5.67. The van der Waals surface area contributed by atoms with Gasteiger partial charge >= 0.3 is 0 Å². The van der Waals surface area contributed by atoms with E-state index in [2.05, 4.69) is 66.2 Å². The Morgan fingerprint density at radius 1 is 1.19 bits per heavy atom. The number of aryl methyl sites for hydroxylation is 1. The average Bonchev–Trinajstić information content (AvgIpc) is 2.44. The van der Waals surface area contributed by atoms with Gasteiger partial charge in [-0.2, -0.15) is 0 Å². The molecule has 0 spiro atoms. The lowest BCUT2D eigenvalue weighted by Crippen LogP contribution is -2.31. The SMILES string of the molecule is CCOC1CC(CC(Br)c2c(C)ccc3ccccc23)C1. The molecule has 0 aliphatic heterocycles. The van der Waals surface area contributed by atoms with Gasteiger partial charge in [-0.1, -0.05) is 52.3 Å². The van der Waals surface area contributed by atoms with E-state index in [-0.39, 0.29) is 0 Å². The van der Waals surface area contributed by atoms with Gasteiger partial charge in [0.1, 0.15) is 0 Å². The molecule has 0 radical (unpaired) electrons. The molecule has 21 heavy (non-hydrogen) atoms. The van der Waals surface area contributed by atoms with Crippen LogP contribution in [0.2, 0.25) is 0 Å². The standard InChI is InChI=1S/C19H23BrO/c1-3-21-16-10-14(11-16)12-18(20)19-13(2)8-9-15-6-4-5-7-17(15)19/h4-9,14,16,18H,3,10-12H2,1-2H3. The third kappa shape index (κ3) is 3.17. The van der Waals surface area contributed by atoms with Crippen molar-refractivity contribution in [2.75, 3.05) is 6.61 Å². The summed E-state index contributed by atoms with van der Waals surface area (Å²) >= 11 is 3.95. The minimum absolute atomic E-state index is 0.441. The van der Waals surface area contributed by atoms with Crippen LogP contribution in [0.4, 0.5) is 0 Å². The van der Waals surface area contributed by atoms with Gasteiger partial charge in [0.05, 0.1) is 6.10 Å². The Hall–Kier alpha value is -0.860. The Bertz CT molecular complexity index is 616. The summed E-state index contributed by atoms with van der Waals surface area (Å²) in [4.78, 5) is 0.441. The lowest BCUT2D eigenvalue weighted by Gasteiger charge is -2.36. The highest BCUT2D eigenvalue weighted by Gasteiger charge is 2.31. The van der Waals surface area contributed by atoms with Crippen LogP contribution in [0.3, 0.4) is 0 Å². The number of rotatable bonds is 5. The second-order valence-electron chi connectivity index (χ2n) is 6.14. The molecular weight excluding hydrogens is 324 g/mol. The highest BCUT2D eigenvalue weighted by atomic mass is 79.9. The van der Waals surface area contributed by atoms with Crippen LogP contribution in [0.15, 0.2) is 36.4 Å². The largest absolute Gasteiger partial charge is 0.378 e. The maximum Gasteiger partial charge on any atom is 0.0580 e. The van der Waals surface area contributed by atoms with Crippen molar-refractivity contribution in [3.05, 3.63) is 47.5 Å². The molecule has 0 N–H and O–H groups in total. The van der Waals surface area contributed by atoms with Crippen molar-refractivity contribution < 1.29 is 4.74 Å². The van der Waals surface area contributed by atoms with Crippen molar-refractivity contribution in [1.29, 1.82) is 0 Å². The molecule has 1 aliphatic rings. The monoisotopic (exact) mass is 346 g/mol. The molecule has 1 atom stereocenters. The zero-order valence-electron chi connectivity index (χ0n) is 12.8. The summed E-state index contributed by atoms with van der Waals surface area (Å²) in [5.41, 5.74) is 2.85. The fourth-order valence-corrected chi connectivity index (χ4v) is 4.61. The van der Waals surface area contributed by atoms with Crippen LogP contribution in [0.5, 0.6) is 0 Å². The number of hydrogen-bond acceptors (Lipinski definition) is 1. The highest BCUT2D eigenvalue weighted by molar-refractivity contribution is 9.09. The van der Waals surface area contributed by atoms with Crippen LogP contribution >= 0.6 is 15.9 Å². The van der Waals surface area contributed by atoms with E-state index >= 15 is 0 Å². The van der Waals surface area contributed by atoms with Gasteiger partial charge in [-0.25, -0.2) is 0 Å². The molecule has 2 aromatic carbocycles. The number of benzene rings is 2. The number of halogens is 1. The van der Waals surface area contributed by atoms with Crippen LogP contribution in [-0.4, -0.2) is 12.7 Å². The normalized spacial score (nSPS) is 23.0. The van der Waals surface area contributed by atoms with Crippen LogP contribution in [0, 0.1) is 12.8 Å². The van der Waals surface area contributed by atoms with E-state index in [0.29, 0.717) is 10.9 Å². The molecule has 1 unspecified atom stereocenters. The van der Waals surface area contributed by atoms with E-state index < -0.39 is 0 Å². The lowest BCUT2D eigenvalue weighted by atomic mass is 9.78. The zero-order chi connectivity index (χ0) is 14.8. The van der Waals surface area contributed by atoms with E-state index in [1.807, 2.05) is 0 Å². The summed E-state index contributed by atoms with van der Waals surface area (Å²) in [6.45, 7) is 5.15. The van der Waals surface area contributed by atoms with Crippen molar-refractivity contribution in [1.82, 2.24) is 0 Å². The van der Waals surface area contributed by atoms with Gasteiger partial charge in [-0.15, -0.1) is 0 Å². The fraction of sp³-hybridized carbons (Fsp3) is 0.474. The van der Waals surface area contributed by atoms with Gasteiger partial charge in [0.25, 0.3) is 0 Å². The van der Waals surface area contributed by atoms with E-state index in [1.54, 1.807) is 0 Å². The van der Waals surface area contributed by atoms with E-state index in [0.717, 1.165) is 12.5 Å². The Balaban J connectivity index is 1.76. The van der Waals surface area contributed by atoms with Crippen LogP contribution in [-0.2, 0) is 4.74 Å². The highest BCUT2D eigenvalue weighted by Crippen LogP contribution is 2.42. The molecule has 1 nitrogen and oxygen atoms in total. The van der Waals surface area contributed by atoms with Gasteiger partial charge in [0, 0.05) is 11.4 Å². The average molecular weight is 347 g/mol. The summed E-state index contributed by atoms with van der Waals surface area (Å²) in [7, 11) is 0. The summed E-state index contributed by atoms with van der Waals surface area (Å²) < 4.78 is 5.67. The number of alkyl halides is 1. The molecular formula is C19H23BrO. The van der Waals surface area contributed by atoms with Gasteiger partial charge in [-0.05, 0) is 60.9 Å².